The quantitative estimate of drug-likeness (QED) is 0.832. The van der Waals surface area contributed by atoms with Gasteiger partial charge in [0.1, 0.15) is 12.1 Å². The second-order valence-corrected chi connectivity index (χ2v) is 5.73. The predicted molar refractivity (Wildman–Crippen MR) is 69.6 cm³/mol. The molecule has 6 heteroatoms. The minimum Gasteiger partial charge on any atom is -0.356 e. The van der Waals surface area contributed by atoms with Gasteiger partial charge >= 0.3 is 6.18 Å². The SMILES string of the molecule is FC(F)(F)C1CCN(c2cc(C3CCC3)ncn2)CC1. The summed E-state index contributed by atoms with van der Waals surface area (Å²) in [6, 6.07) is 1.96. The fourth-order valence-electron chi connectivity index (χ4n) is 2.90. The zero-order valence-corrected chi connectivity index (χ0v) is 11.2. The van der Waals surface area contributed by atoms with Gasteiger partial charge in [-0.2, -0.15) is 13.2 Å². The predicted octanol–water partition coefficient (Wildman–Crippen LogP) is 3.52. The van der Waals surface area contributed by atoms with Gasteiger partial charge in [-0.25, -0.2) is 9.97 Å². The van der Waals surface area contributed by atoms with Crippen LogP contribution in [0, 0.1) is 5.92 Å². The molecule has 0 unspecified atom stereocenters. The summed E-state index contributed by atoms with van der Waals surface area (Å²) in [6.45, 7) is 0.844. The lowest BCUT2D eigenvalue weighted by Gasteiger charge is -2.34. The first kappa shape index (κ1) is 13.6. The van der Waals surface area contributed by atoms with E-state index in [1.54, 1.807) is 6.33 Å². The molecule has 2 aliphatic rings. The van der Waals surface area contributed by atoms with E-state index in [0.717, 1.165) is 24.4 Å². The second-order valence-electron chi connectivity index (χ2n) is 5.73. The molecule has 1 saturated carbocycles. The molecule has 0 amide bonds. The van der Waals surface area contributed by atoms with Gasteiger partial charge in [-0.05, 0) is 25.7 Å². The van der Waals surface area contributed by atoms with Crippen LogP contribution in [0.15, 0.2) is 12.4 Å². The van der Waals surface area contributed by atoms with Crippen molar-refractivity contribution in [3.8, 4) is 0 Å². The normalized spacial score (nSPS) is 21.9. The van der Waals surface area contributed by atoms with Crippen LogP contribution in [-0.4, -0.2) is 29.2 Å². The molecule has 110 valence electrons. The Morgan fingerprint density at radius 2 is 1.75 bits per heavy atom. The standard InChI is InChI=1S/C14H18F3N3/c15-14(16,17)11-4-6-20(7-5-11)13-8-12(18-9-19-13)10-2-1-3-10/h8-11H,1-7H2. The molecule has 1 aromatic heterocycles. The van der Waals surface area contributed by atoms with Gasteiger partial charge in [0.2, 0.25) is 0 Å². The molecule has 1 aliphatic carbocycles. The first-order chi connectivity index (χ1) is 9.54. The Hall–Kier alpha value is -1.33. The highest BCUT2D eigenvalue weighted by Gasteiger charge is 2.41. The van der Waals surface area contributed by atoms with E-state index in [2.05, 4.69) is 9.97 Å². The highest BCUT2D eigenvalue weighted by molar-refractivity contribution is 5.40. The maximum absolute atomic E-state index is 12.7. The number of piperidine rings is 1. The van der Waals surface area contributed by atoms with Gasteiger partial charge in [-0.15, -0.1) is 0 Å². The summed E-state index contributed by atoms with van der Waals surface area (Å²) in [5, 5.41) is 0. The van der Waals surface area contributed by atoms with E-state index in [-0.39, 0.29) is 12.8 Å². The van der Waals surface area contributed by atoms with Crippen molar-refractivity contribution < 1.29 is 13.2 Å². The lowest BCUT2D eigenvalue weighted by molar-refractivity contribution is -0.179. The number of halogens is 3. The van der Waals surface area contributed by atoms with Crippen LogP contribution in [0.5, 0.6) is 0 Å². The fraction of sp³-hybridized carbons (Fsp3) is 0.714. The number of anilines is 1. The molecule has 0 aromatic carbocycles. The molecule has 3 nitrogen and oxygen atoms in total. The summed E-state index contributed by atoms with van der Waals surface area (Å²) in [7, 11) is 0. The van der Waals surface area contributed by atoms with Crippen LogP contribution >= 0.6 is 0 Å². The summed E-state index contributed by atoms with van der Waals surface area (Å²) in [4.78, 5) is 10.5. The molecule has 0 N–H and O–H groups in total. The summed E-state index contributed by atoms with van der Waals surface area (Å²) >= 11 is 0. The number of aromatic nitrogens is 2. The molecule has 0 radical (unpaired) electrons. The van der Waals surface area contributed by atoms with E-state index in [1.807, 2.05) is 11.0 Å². The monoisotopic (exact) mass is 285 g/mol. The van der Waals surface area contributed by atoms with Crippen molar-refractivity contribution in [2.24, 2.45) is 5.92 Å². The van der Waals surface area contributed by atoms with E-state index in [9.17, 15) is 13.2 Å². The minimum absolute atomic E-state index is 0.159. The molecule has 1 aliphatic heterocycles. The first-order valence-electron chi connectivity index (χ1n) is 7.17. The number of hydrogen-bond acceptors (Lipinski definition) is 3. The van der Waals surface area contributed by atoms with E-state index >= 15 is 0 Å². The summed E-state index contributed by atoms with van der Waals surface area (Å²) in [6.07, 6.45) is 1.35. The molecule has 1 aromatic rings. The molecule has 2 heterocycles. The lowest BCUT2D eigenvalue weighted by Crippen LogP contribution is -2.39. The highest BCUT2D eigenvalue weighted by atomic mass is 19.4. The van der Waals surface area contributed by atoms with Crippen molar-refractivity contribution in [1.82, 2.24) is 9.97 Å². The van der Waals surface area contributed by atoms with Crippen molar-refractivity contribution in [2.45, 2.75) is 44.2 Å². The third-order valence-corrected chi connectivity index (χ3v) is 4.48. The van der Waals surface area contributed by atoms with Crippen molar-refractivity contribution >= 4 is 5.82 Å². The first-order valence-corrected chi connectivity index (χ1v) is 7.17. The minimum atomic E-state index is -4.06. The van der Waals surface area contributed by atoms with Crippen LogP contribution < -0.4 is 4.90 Å². The van der Waals surface area contributed by atoms with Crippen molar-refractivity contribution in [3.63, 3.8) is 0 Å². The number of hydrogen-bond donors (Lipinski definition) is 0. The van der Waals surface area contributed by atoms with E-state index in [4.69, 9.17) is 0 Å². The van der Waals surface area contributed by atoms with E-state index < -0.39 is 12.1 Å². The third-order valence-electron chi connectivity index (χ3n) is 4.48. The highest BCUT2D eigenvalue weighted by Crippen LogP contribution is 2.37. The van der Waals surface area contributed by atoms with E-state index in [0.29, 0.717) is 19.0 Å². The average molecular weight is 285 g/mol. The topological polar surface area (TPSA) is 29.0 Å². The Morgan fingerprint density at radius 3 is 2.30 bits per heavy atom. The molecule has 0 spiro atoms. The van der Waals surface area contributed by atoms with Gasteiger partial charge in [0, 0.05) is 30.8 Å². The van der Waals surface area contributed by atoms with Crippen molar-refractivity contribution in [3.05, 3.63) is 18.1 Å². The maximum atomic E-state index is 12.7. The number of rotatable bonds is 2. The van der Waals surface area contributed by atoms with Crippen LogP contribution in [-0.2, 0) is 0 Å². The smallest absolute Gasteiger partial charge is 0.356 e. The molecule has 2 fully saturated rings. The molecule has 1 saturated heterocycles. The van der Waals surface area contributed by atoms with Crippen molar-refractivity contribution in [1.29, 1.82) is 0 Å². The molecule has 20 heavy (non-hydrogen) atoms. The van der Waals surface area contributed by atoms with Crippen LogP contribution in [0.4, 0.5) is 19.0 Å². The summed E-state index contributed by atoms with van der Waals surface area (Å²) in [5.41, 5.74) is 1.04. The van der Waals surface area contributed by atoms with Crippen LogP contribution in [0.2, 0.25) is 0 Å². The van der Waals surface area contributed by atoms with Crippen LogP contribution in [0.1, 0.15) is 43.7 Å². The van der Waals surface area contributed by atoms with Crippen molar-refractivity contribution in [2.75, 3.05) is 18.0 Å². The second kappa shape index (κ2) is 5.22. The van der Waals surface area contributed by atoms with Gasteiger partial charge in [0.25, 0.3) is 0 Å². The van der Waals surface area contributed by atoms with Gasteiger partial charge in [-0.3, -0.25) is 0 Å². The van der Waals surface area contributed by atoms with Crippen LogP contribution in [0.25, 0.3) is 0 Å². The Bertz CT molecular complexity index is 463. The Labute approximate surface area is 116 Å². The van der Waals surface area contributed by atoms with Gasteiger partial charge < -0.3 is 4.90 Å². The third kappa shape index (κ3) is 2.74. The molecule has 0 bridgehead atoms. The summed E-state index contributed by atoms with van der Waals surface area (Å²) in [5.74, 6) is 0.138. The Morgan fingerprint density at radius 1 is 1.05 bits per heavy atom. The molecule has 0 atom stereocenters. The Balaban J connectivity index is 1.66. The zero-order chi connectivity index (χ0) is 14.2. The average Bonchev–Trinajstić information content (AvgIpc) is 2.36. The fourth-order valence-corrected chi connectivity index (χ4v) is 2.90. The zero-order valence-electron chi connectivity index (χ0n) is 11.2. The number of nitrogens with zero attached hydrogens (tertiary/aromatic N) is 3. The van der Waals surface area contributed by atoms with Crippen LogP contribution in [0.3, 0.4) is 0 Å². The molecule has 3 rings (SSSR count). The van der Waals surface area contributed by atoms with E-state index in [1.165, 1.54) is 6.42 Å². The molecular weight excluding hydrogens is 267 g/mol. The molecular formula is C14H18F3N3. The lowest BCUT2D eigenvalue weighted by atomic mass is 9.83. The Kier molecular flexibility index (Phi) is 3.56. The largest absolute Gasteiger partial charge is 0.391 e. The van der Waals surface area contributed by atoms with Gasteiger partial charge in [0.15, 0.2) is 0 Å². The maximum Gasteiger partial charge on any atom is 0.391 e. The number of alkyl halides is 3. The summed E-state index contributed by atoms with van der Waals surface area (Å²) < 4.78 is 38.0. The van der Waals surface area contributed by atoms with Gasteiger partial charge in [-0.1, -0.05) is 6.42 Å². The van der Waals surface area contributed by atoms with Gasteiger partial charge in [0.05, 0.1) is 5.92 Å².